The van der Waals surface area contributed by atoms with Crippen molar-refractivity contribution in [2.75, 3.05) is 32.1 Å². The summed E-state index contributed by atoms with van der Waals surface area (Å²) in [4.78, 5) is 13.6. The van der Waals surface area contributed by atoms with E-state index in [1.54, 1.807) is 16.9 Å². The summed E-state index contributed by atoms with van der Waals surface area (Å²) in [6.45, 7) is 2.87. The molecule has 0 unspecified atom stereocenters. The lowest BCUT2D eigenvalue weighted by molar-refractivity contribution is 0.304. The third-order valence-electron chi connectivity index (χ3n) is 2.99. The zero-order valence-electron chi connectivity index (χ0n) is 9.81. The first-order valence-electron chi connectivity index (χ1n) is 5.62. The first-order chi connectivity index (χ1) is 7.66. The highest BCUT2D eigenvalue weighted by molar-refractivity contribution is 5.40. The van der Waals surface area contributed by atoms with Gasteiger partial charge in [-0.15, -0.1) is 0 Å². The fourth-order valence-electron chi connectivity index (χ4n) is 1.69. The smallest absolute Gasteiger partial charge is 0.268 e. The Labute approximate surface area is 95.1 Å². The summed E-state index contributed by atoms with van der Waals surface area (Å²) in [5, 5.41) is 7.39. The van der Waals surface area contributed by atoms with E-state index in [4.69, 9.17) is 0 Å². The molecule has 88 valence electrons. The highest BCUT2D eigenvalue weighted by Gasteiger charge is 2.16. The Morgan fingerprint density at radius 2 is 2.31 bits per heavy atom. The molecule has 0 aromatic carbocycles. The second kappa shape index (κ2) is 4.65. The van der Waals surface area contributed by atoms with Gasteiger partial charge in [-0.05, 0) is 25.4 Å². The molecule has 0 aliphatic carbocycles. The van der Waals surface area contributed by atoms with E-state index in [-0.39, 0.29) is 5.56 Å². The van der Waals surface area contributed by atoms with Crippen molar-refractivity contribution in [1.29, 1.82) is 0 Å². The SMILES string of the molecule is CN(C)c1cnn(CCC2CNC2)c(=O)c1. The molecule has 0 bridgehead atoms. The van der Waals surface area contributed by atoms with Crippen LogP contribution in [0, 0.1) is 5.92 Å². The van der Waals surface area contributed by atoms with Crippen LogP contribution in [0.2, 0.25) is 0 Å². The van der Waals surface area contributed by atoms with Crippen LogP contribution in [-0.4, -0.2) is 37.0 Å². The Bertz CT molecular complexity index is 409. The Balaban J connectivity index is 2.01. The predicted molar refractivity (Wildman–Crippen MR) is 63.8 cm³/mol. The maximum absolute atomic E-state index is 11.7. The molecule has 0 radical (unpaired) electrons. The minimum atomic E-state index is -0.0153. The Morgan fingerprint density at radius 3 is 2.81 bits per heavy atom. The Morgan fingerprint density at radius 1 is 1.56 bits per heavy atom. The number of nitrogens with one attached hydrogen (secondary N) is 1. The van der Waals surface area contributed by atoms with E-state index in [1.807, 2.05) is 19.0 Å². The van der Waals surface area contributed by atoms with Gasteiger partial charge in [0.1, 0.15) is 0 Å². The molecule has 1 N–H and O–H groups in total. The molecule has 16 heavy (non-hydrogen) atoms. The molecule has 1 aromatic heterocycles. The number of hydrogen-bond donors (Lipinski definition) is 1. The highest BCUT2D eigenvalue weighted by atomic mass is 16.1. The number of anilines is 1. The molecule has 1 aliphatic rings. The maximum Gasteiger partial charge on any atom is 0.268 e. The number of nitrogens with zero attached hydrogens (tertiary/aromatic N) is 3. The van der Waals surface area contributed by atoms with Gasteiger partial charge >= 0.3 is 0 Å². The van der Waals surface area contributed by atoms with Crippen molar-refractivity contribution in [1.82, 2.24) is 15.1 Å². The van der Waals surface area contributed by atoms with Crippen LogP contribution < -0.4 is 15.8 Å². The van der Waals surface area contributed by atoms with Crippen LogP contribution >= 0.6 is 0 Å². The second-order valence-electron chi connectivity index (χ2n) is 4.48. The molecule has 0 amide bonds. The van der Waals surface area contributed by atoms with E-state index >= 15 is 0 Å². The molecule has 0 saturated carbocycles. The van der Waals surface area contributed by atoms with Crippen LogP contribution in [0.5, 0.6) is 0 Å². The molecular weight excluding hydrogens is 204 g/mol. The van der Waals surface area contributed by atoms with Crippen LogP contribution in [0.25, 0.3) is 0 Å². The summed E-state index contributed by atoms with van der Waals surface area (Å²) in [6, 6.07) is 1.63. The predicted octanol–water partition coefficient (Wildman–Crippen LogP) is -0.0812. The zero-order valence-corrected chi connectivity index (χ0v) is 9.81. The number of rotatable bonds is 4. The largest absolute Gasteiger partial charge is 0.376 e. The first kappa shape index (κ1) is 11.1. The van der Waals surface area contributed by atoms with Crippen LogP contribution in [0.1, 0.15) is 6.42 Å². The van der Waals surface area contributed by atoms with Crippen molar-refractivity contribution < 1.29 is 0 Å². The van der Waals surface area contributed by atoms with Gasteiger partial charge in [0.25, 0.3) is 5.56 Å². The third kappa shape index (κ3) is 2.41. The van der Waals surface area contributed by atoms with Gasteiger partial charge in [0.05, 0.1) is 11.9 Å². The molecule has 0 atom stereocenters. The third-order valence-corrected chi connectivity index (χ3v) is 2.99. The molecular formula is C11H18N4O. The lowest BCUT2D eigenvalue weighted by Gasteiger charge is -2.26. The molecule has 2 heterocycles. The molecule has 1 aliphatic heterocycles. The monoisotopic (exact) mass is 222 g/mol. The summed E-state index contributed by atoms with van der Waals surface area (Å²) in [5.41, 5.74) is 0.838. The fraction of sp³-hybridized carbons (Fsp3) is 0.636. The minimum Gasteiger partial charge on any atom is -0.376 e. The maximum atomic E-state index is 11.7. The van der Waals surface area contributed by atoms with Crippen molar-refractivity contribution in [3.63, 3.8) is 0 Å². The van der Waals surface area contributed by atoms with E-state index in [2.05, 4.69) is 10.4 Å². The first-order valence-corrected chi connectivity index (χ1v) is 5.62. The molecule has 5 heteroatoms. The molecule has 1 saturated heterocycles. The average Bonchev–Trinajstić information content (AvgIpc) is 2.17. The highest BCUT2D eigenvalue weighted by Crippen LogP contribution is 2.09. The van der Waals surface area contributed by atoms with Gasteiger partial charge in [-0.25, -0.2) is 4.68 Å². The molecule has 2 rings (SSSR count). The van der Waals surface area contributed by atoms with Crippen molar-refractivity contribution in [3.8, 4) is 0 Å². The summed E-state index contributed by atoms with van der Waals surface area (Å²) in [7, 11) is 3.81. The van der Waals surface area contributed by atoms with E-state index in [0.717, 1.165) is 31.7 Å². The minimum absolute atomic E-state index is 0.0153. The normalized spacial score (nSPS) is 15.9. The zero-order chi connectivity index (χ0) is 11.5. The van der Waals surface area contributed by atoms with Crippen molar-refractivity contribution in [3.05, 3.63) is 22.6 Å². The summed E-state index contributed by atoms with van der Waals surface area (Å²) in [5.74, 6) is 0.710. The topological polar surface area (TPSA) is 50.2 Å². The van der Waals surface area contributed by atoms with Crippen molar-refractivity contribution >= 4 is 5.69 Å². The summed E-state index contributed by atoms with van der Waals surface area (Å²) < 4.78 is 1.55. The standard InChI is InChI=1S/C11H18N4O/c1-14(2)10-5-11(16)15(13-8-10)4-3-9-6-12-7-9/h5,8-9,12H,3-4,6-7H2,1-2H3. The summed E-state index contributed by atoms with van der Waals surface area (Å²) >= 11 is 0. The van der Waals surface area contributed by atoms with Gasteiger partial charge in [-0.3, -0.25) is 4.79 Å². The Hall–Kier alpha value is -1.36. The van der Waals surface area contributed by atoms with Gasteiger partial charge in [-0.2, -0.15) is 5.10 Å². The molecule has 1 aromatic rings. The quantitative estimate of drug-likeness (QED) is 0.774. The Kier molecular flexibility index (Phi) is 3.24. The van der Waals surface area contributed by atoms with Crippen LogP contribution in [0.15, 0.2) is 17.1 Å². The fourth-order valence-corrected chi connectivity index (χ4v) is 1.69. The van der Waals surface area contributed by atoms with E-state index in [1.165, 1.54) is 0 Å². The van der Waals surface area contributed by atoms with E-state index < -0.39 is 0 Å². The second-order valence-corrected chi connectivity index (χ2v) is 4.48. The lowest BCUT2D eigenvalue weighted by atomic mass is 10.00. The van der Waals surface area contributed by atoms with Crippen LogP contribution in [-0.2, 0) is 6.54 Å². The summed E-state index contributed by atoms with van der Waals surface area (Å²) in [6.07, 6.45) is 2.77. The van der Waals surface area contributed by atoms with Gasteiger partial charge in [0, 0.05) is 26.7 Å². The lowest BCUT2D eigenvalue weighted by Crippen LogP contribution is -2.42. The van der Waals surface area contributed by atoms with E-state index in [0.29, 0.717) is 5.92 Å². The average molecular weight is 222 g/mol. The van der Waals surface area contributed by atoms with Crippen LogP contribution in [0.3, 0.4) is 0 Å². The van der Waals surface area contributed by atoms with Crippen molar-refractivity contribution in [2.45, 2.75) is 13.0 Å². The van der Waals surface area contributed by atoms with Gasteiger partial charge < -0.3 is 10.2 Å². The van der Waals surface area contributed by atoms with Crippen molar-refractivity contribution in [2.24, 2.45) is 5.92 Å². The van der Waals surface area contributed by atoms with Gasteiger partial charge in [0.2, 0.25) is 0 Å². The number of hydrogen-bond acceptors (Lipinski definition) is 4. The number of aryl methyl sites for hydroxylation is 1. The molecule has 0 spiro atoms. The van der Waals surface area contributed by atoms with E-state index in [9.17, 15) is 4.79 Å². The number of aromatic nitrogens is 2. The molecule has 1 fully saturated rings. The molecule has 5 nitrogen and oxygen atoms in total. The van der Waals surface area contributed by atoms with Crippen LogP contribution in [0.4, 0.5) is 5.69 Å². The van der Waals surface area contributed by atoms with Gasteiger partial charge in [0.15, 0.2) is 0 Å². The van der Waals surface area contributed by atoms with Gasteiger partial charge in [-0.1, -0.05) is 0 Å².